The van der Waals surface area contributed by atoms with E-state index < -0.39 is 0 Å². The maximum Gasteiger partial charge on any atom is 0.255 e. The second kappa shape index (κ2) is 5.13. The average molecular weight is 280 g/mol. The average Bonchev–Trinajstić information content (AvgIpc) is 2.82. The van der Waals surface area contributed by atoms with Gasteiger partial charge in [-0.3, -0.25) is 4.79 Å². The first-order valence-electron chi connectivity index (χ1n) is 6.63. The highest BCUT2D eigenvalue weighted by Gasteiger charge is 2.45. The number of benzene rings is 1. The van der Waals surface area contributed by atoms with Gasteiger partial charge >= 0.3 is 0 Å². The summed E-state index contributed by atoms with van der Waals surface area (Å²) in [6, 6.07) is 6.00. The minimum absolute atomic E-state index is 0.0357. The molecule has 2 aliphatic heterocycles. The summed E-state index contributed by atoms with van der Waals surface area (Å²) in [4.78, 5) is 14.5. The predicted octanol–water partition coefficient (Wildman–Crippen LogP) is 2.09. The summed E-state index contributed by atoms with van der Waals surface area (Å²) in [5.41, 5.74) is 0.459. The van der Waals surface area contributed by atoms with Gasteiger partial charge in [0.05, 0.1) is 4.87 Å². The van der Waals surface area contributed by atoms with Gasteiger partial charge in [-0.15, -0.1) is 11.8 Å². The lowest BCUT2D eigenvalue weighted by Crippen LogP contribution is -2.51. The van der Waals surface area contributed by atoms with Crippen LogP contribution in [0.3, 0.4) is 0 Å². The molecule has 1 spiro atoms. The summed E-state index contributed by atoms with van der Waals surface area (Å²) in [5, 5.41) is 3.33. The van der Waals surface area contributed by atoms with Crippen LogP contribution < -0.4 is 5.32 Å². The van der Waals surface area contributed by atoms with Crippen molar-refractivity contribution >= 4 is 17.7 Å². The molecule has 1 aromatic rings. The van der Waals surface area contributed by atoms with Crippen molar-refractivity contribution in [3.63, 3.8) is 0 Å². The Morgan fingerprint density at radius 2 is 2.16 bits per heavy atom. The lowest BCUT2D eigenvalue weighted by molar-refractivity contribution is 0.0634. The largest absolute Gasteiger partial charge is 0.323 e. The third kappa shape index (κ3) is 2.37. The molecule has 102 valence electrons. The summed E-state index contributed by atoms with van der Waals surface area (Å²) in [6.45, 7) is 2.65. The molecule has 0 bridgehead atoms. The van der Waals surface area contributed by atoms with E-state index in [-0.39, 0.29) is 16.6 Å². The van der Waals surface area contributed by atoms with Crippen LogP contribution in [0.1, 0.15) is 23.2 Å². The van der Waals surface area contributed by atoms with E-state index in [1.807, 2.05) is 16.7 Å². The van der Waals surface area contributed by atoms with E-state index >= 15 is 0 Å². The zero-order valence-corrected chi connectivity index (χ0v) is 11.5. The van der Waals surface area contributed by atoms with Crippen LogP contribution in [0, 0.1) is 5.82 Å². The lowest BCUT2D eigenvalue weighted by Gasteiger charge is -2.40. The van der Waals surface area contributed by atoms with Crippen LogP contribution in [0.15, 0.2) is 24.3 Å². The summed E-state index contributed by atoms with van der Waals surface area (Å²) in [6.07, 6.45) is 1.94. The topological polar surface area (TPSA) is 32.3 Å². The summed E-state index contributed by atoms with van der Waals surface area (Å²) >= 11 is 1.87. The van der Waals surface area contributed by atoms with Crippen molar-refractivity contribution in [1.29, 1.82) is 0 Å². The van der Waals surface area contributed by atoms with Gasteiger partial charge in [-0.2, -0.15) is 0 Å². The molecule has 3 rings (SSSR count). The van der Waals surface area contributed by atoms with E-state index in [1.54, 1.807) is 12.1 Å². The lowest BCUT2D eigenvalue weighted by atomic mass is 10.0. The van der Waals surface area contributed by atoms with E-state index in [1.165, 1.54) is 12.1 Å². The van der Waals surface area contributed by atoms with Crippen molar-refractivity contribution in [2.24, 2.45) is 0 Å². The molecule has 2 heterocycles. The number of hydrogen-bond acceptors (Lipinski definition) is 3. The normalized spacial score (nSPS) is 21.8. The second-order valence-corrected chi connectivity index (χ2v) is 6.47. The second-order valence-electron chi connectivity index (χ2n) is 5.01. The Bertz CT molecular complexity index is 488. The minimum Gasteiger partial charge on any atom is -0.323 e. The molecule has 1 aromatic carbocycles. The molecule has 0 atom stereocenters. The molecule has 19 heavy (non-hydrogen) atoms. The molecule has 0 aromatic heterocycles. The molecule has 0 radical (unpaired) electrons. The number of hydrogen-bond donors (Lipinski definition) is 1. The summed E-state index contributed by atoms with van der Waals surface area (Å²) in [5.74, 6) is 0.588. The van der Waals surface area contributed by atoms with Gasteiger partial charge in [0.2, 0.25) is 0 Å². The Kier molecular flexibility index (Phi) is 3.50. The highest BCUT2D eigenvalue weighted by atomic mass is 32.2. The third-order valence-corrected chi connectivity index (χ3v) is 5.43. The quantitative estimate of drug-likeness (QED) is 0.855. The van der Waals surface area contributed by atoms with Crippen LogP contribution in [0.25, 0.3) is 0 Å². The Balaban J connectivity index is 1.86. The van der Waals surface area contributed by atoms with Gasteiger partial charge < -0.3 is 10.2 Å². The fourth-order valence-electron chi connectivity index (χ4n) is 2.90. The van der Waals surface area contributed by atoms with Gasteiger partial charge in [-0.05, 0) is 44.1 Å². The molecule has 1 N–H and O–H groups in total. The Morgan fingerprint density at radius 1 is 1.37 bits per heavy atom. The number of rotatable bonds is 1. The van der Waals surface area contributed by atoms with Gasteiger partial charge in [0.1, 0.15) is 5.82 Å². The van der Waals surface area contributed by atoms with Crippen molar-refractivity contribution in [3.05, 3.63) is 35.6 Å². The number of nitrogens with zero attached hydrogens (tertiary/aromatic N) is 1. The molecular formula is C14H17FN2OS. The minimum atomic E-state index is -0.350. The highest BCUT2D eigenvalue weighted by Crippen LogP contribution is 2.43. The van der Waals surface area contributed by atoms with E-state index in [2.05, 4.69) is 5.32 Å². The molecule has 0 saturated carbocycles. The Hall–Kier alpha value is -1.07. The standard InChI is InChI=1S/C14H17FN2OS/c15-12-3-1-2-11(10-12)13(18)17-8-9-19-14(17)4-6-16-7-5-14/h1-3,10,16H,4-9H2. The molecule has 2 fully saturated rings. The summed E-state index contributed by atoms with van der Waals surface area (Å²) < 4.78 is 13.3. The molecule has 2 saturated heterocycles. The monoisotopic (exact) mass is 280 g/mol. The molecular weight excluding hydrogens is 263 g/mol. The van der Waals surface area contributed by atoms with Crippen molar-refractivity contribution in [3.8, 4) is 0 Å². The zero-order chi connectivity index (χ0) is 13.3. The van der Waals surface area contributed by atoms with Crippen molar-refractivity contribution < 1.29 is 9.18 Å². The van der Waals surface area contributed by atoms with Gasteiger partial charge in [0.25, 0.3) is 5.91 Å². The molecule has 0 unspecified atom stereocenters. The van der Waals surface area contributed by atoms with E-state index in [9.17, 15) is 9.18 Å². The van der Waals surface area contributed by atoms with Crippen LogP contribution in [-0.4, -0.2) is 41.1 Å². The van der Waals surface area contributed by atoms with Gasteiger partial charge in [0, 0.05) is 17.9 Å². The van der Waals surface area contributed by atoms with Crippen molar-refractivity contribution in [2.75, 3.05) is 25.4 Å². The Morgan fingerprint density at radius 3 is 2.89 bits per heavy atom. The van der Waals surface area contributed by atoms with E-state index in [0.717, 1.165) is 38.2 Å². The number of amides is 1. The van der Waals surface area contributed by atoms with Gasteiger partial charge in [-0.25, -0.2) is 4.39 Å². The van der Waals surface area contributed by atoms with E-state index in [4.69, 9.17) is 0 Å². The molecule has 5 heteroatoms. The van der Waals surface area contributed by atoms with Gasteiger partial charge in [-0.1, -0.05) is 6.07 Å². The van der Waals surface area contributed by atoms with Crippen LogP contribution in [0.5, 0.6) is 0 Å². The Labute approximate surface area is 116 Å². The number of carbonyl (C=O) groups is 1. The smallest absolute Gasteiger partial charge is 0.255 e. The van der Waals surface area contributed by atoms with Crippen molar-refractivity contribution in [2.45, 2.75) is 17.7 Å². The number of carbonyl (C=O) groups excluding carboxylic acids is 1. The van der Waals surface area contributed by atoms with Crippen molar-refractivity contribution in [1.82, 2.24) is 10.2 Å². The molecule has 3 nitrogen and oxygen atoms in total. The highest BCUT2D eigenvalue weighted by molar-refractivity contribution is 8.00. The first kappa shape index (κ1) is 12.9. The fraction of sp³-hybridized carbons (Fsp3) is 0.500. The first-order valence-corrected chi connectivity index (χ1v) is 7.62. The maximum atomic E-state index is 13.3. The number of piperidine rings is 1. The van der Waals surface area contributed by atoms with Crippen LogP contribution in [0.2, 0.25) is 0 Å². The molecule has 1 amide bonds. The SMILES string of the molecule is O=C(c1cccc(F)c1)N1CCSC12CCNCC2. The number of thioether (sulfide) groups is 1. The van der Waals surface area contributed by atoms with Crippen LogP contribution in [0.4, 0.5) is 4.39 Å². The van der Waals surface area contributed by atoms with Gasteiger partial charge in [0.15, 0.2) is 0 Å². The predicted molar refractivity (Wildman–Crippen MR) is 74.7 cm³/mol. The maximum absolute atomic E-state index is 13.3. The zero-order valence-electron chi connectivity index (χ0n) is 10.7. The van der Waals surface area contributed by atoms with Crippen LogP contribution in [-0.2, 0) is 0 Å². The van der Waals surface area contributed by atoms with Crippen LogP contribution >= 0.6 is 11.8 Å². The third-order valence-electron chi connectivity index (χ3n) is 3.88. The fourth-order valence-corrected chi connectivity index (χ4v) is 4.38. The van der Waals surface area contributed by atoms with E-state index in [0.29, 0.717) is 5.56 Å². The molecule has 0 aliphatic carbocycles. The number of nitrogens with one attached hydrogen (secondary N) is 1. The number of halogens is 1. The summed E-state index contributed by atoms with van der Waals surface area (Å²) in [7, 11) is 0. The molecule has 2 aliphatic rings. The first-order chi connectivity index (χ1) is 9.21.